The van der Waals surface area contributed by atoms with Crippen LogP contribution in [0, 0.1) is 9.49 Å². The minimum atomic E-state index is -0.761. The van der Waals surface area contributed by atoms with Gasteiger partial charge in [0.05, 0.1) is 12.5 Å². The molecule has 1 saturated heterocycles. The topological polar surface area (TPSA) is 46.5 Å². The Hall–Kier alpha value is -0.620. The summed E-state index contributed by atoms with van der Waals surface area (Å²) in [6.45, 7) is 0.979. The van der Waals surface area contributed by atoms with Gasteiger partial charge in [-0.3, -0.25) is 4.79 Å². The van der Waals surface area contributed by atoms with Crippen LogP contribution in [0.3, 0.4) is 0 Å². The first-order valence-electron chi connectivity index (χ1n) is 5.24. The second-order valence-electron chi connectivity index (χ2n) is 3.97. The van der Waals surface area contributed by atoms with Crippen LogP contribution < -0.4 is 0 Å². The van der Waals surface area contributed by atoms with Crippen LogP contribution in [-0.4, -0.2) is 24.3 Å². The third-order valence-corrected chi connectivity index (χ3v) is 3.69. The number of hydrogen-bond acceptors (Lipinski definition) is 2. The van der Waals surface area contributed by atoms with Gasteiger partial charge in [0.2, 0.25) is 0 Å². The summed E-state index contributed by atoms with van der Waals surface area (Å²) in [4.78, 5) is 11.1. The molecule has 0 saturated carbocycles. The van der Waals surface area contributed by atoms with E-state index >= 15 is 0 Å². The van der Waals surface area contributed by atoms with Gasteiger partial charge in [0.15, 0.2) is 0 Å². The van der Waals surface area contributed by atoms with Crippen LogP contribution in [0.4, 0.5) is 0 Å². The van der Waals surface area contributed by atoms with Gasteiger partial charge in [-0.1, -0.05) is 12.1 Å². The van der Waals surface area contributed by atoms with Gasteiger partial charge in [-0.05, 0) is 46.7 Å². The summed E-state index contributed by atoms with van der Waals surface area (Å²) in [5, 5.41) is 9.14. The van der Waals surface area contributed by atoms with Crippen LogP contribution in [0.1, 0.15) is 17.9 Å². The molecule has 16 heavy (non-hydrogen) atoms. The molecule has 1 N–H and O–H groups in total. The largest absolute Gasteiger partial charge is 0.481 e. The lowest BCUT2D eigenvalue weighted by atomic mass is 9.83. The summed E-state index contributed by atoms with van der Waals surface area (Å²) < 4.78 is 6.40. The molecule has 1 aromatic rings. The molecule has 2 unspecified atom stereocenters. The van der Waals surface area contributed by atoms with Gasteiger partial charge in [-0.2, -0.15) is 0 Å². The number of rotatable bonds is 2. The quantitative estimate of drug-likeness (QED) is 0.847. The second-order valence-corrected chi connectivity index (χ2v) is 5.21. The van der Waals surface area contributed by atoms with Crippen molar-refractivity contribution in [3.63, 3.8) is 0 Å². The number of hydrogen-bond donors (Lipinski definition) is 1. The van der Waals surface area contributed by atoms with Gasteiger partial charge in [0.25, 0.3) is 0 Å². The summed E-state index contributed by atoms with van der Waals surface area (Å²) >= 11 is 2.24. The minimum Gasteiger partial charge on any atom is -0.481 e. The molecule has 2 atom stereocenters. The van der Waals surface area contributed by atoms with Crippen molar-refractivity contribution in [1.82, 2.24) is 0 Å². The Bertz CT molecular complexity index is 374. The molecular weight excluding hydrogens is 319 g/mol. The average Bonchev–Trinajstić information content (AvgIpc) is 2.30. The van der Waals surface area contributed by atoms with Gasteiger partial charge in [-0.15, -0.1) is 0 Å². The number of carbonyl (C=O) groups is 1. The average molecular weight is 332 g/mol. The van der Waals surface area contributed by atoms with E-state index in [0.717, 1.165) is 12.0 Å². The number of carboxylic acids is 1. The van der Waals surface area contributed by atoms with E-state index in [1.165, 1.54) is 3.57 Å². The third kappa shape index (κ3) is 2.55. The zero-order chi connectivity index (χ0) is 11.5. The van der Waals surface area contributed by atoms with Crippen molar-refractivity contribution in [2.45, 2.75) is 12.3 Å². The molecule has 4 heteroatoms. The zero-order valence-electron chi connectivity index (χ0n) is 8.73. The van der Waals surface area contributed by atoms with Crippen LogP contribution in [0.5, 0.6) is 0 Å². The van der Waals surface area contributed by atoms with E-state index in [9.17, 15) is 4.79 Å². The first-order valence-corrected chi connectivity index (χ1v) is 6.32. The molecule has 3 nitrogen and oxygen atoms in total. The highest BCUT2D eigenvalue weighted by Crippen LogP contribution is 2.32. The molecule has 0 radical (unpaired) electrons. The van der Waals surface area contributed by atoms with Crippen molar-refractivity contribution >= 4 is 28.6 Å². The molecule has 1 aliphatic rings. The molecule has 1 heterocycles. The maximum atomic E-state index is 11.1. The Morgan fingerprint density at radius 1 is 1.38 bits per heavy atom. The molecule has 0 amide bonds. The van der Waals surface area contributed by atoms with Crippen molar-refractivity contribution < 1.29 is 14.6 Å². The Morgan fingerprint density at radius 3 is 2.69 bits per heavy atom. The SMILES string of the molecule is O=C(O)C1COCCC1c1ccc(I)cc1. The van der Waals surface area contributed by atoms with Crippen molar-refractivity contribution in [2.24, 2.45) is 5.92 Å². The molecular formula is C12H13IO3. The Labute approximate surface area is 108 Å². The summed E-state index contributed by atoms with van der Waals surface area (Å²) in [7, 11) is 0. The summed E-state index contributed by atoms with van der Waals surface area (Å²) in [5.41, 5.74) is 1.11. The minimum absolute atomic E-state index is 0.0863. The Morgan fingerprint density at radius 2 is 2.06 bits per heavy atom. The second kappa shape index (κ2) is 5.14. The summed E-state index contributed by atoms with van der Waals surface area (Å²) in [5.74, 6) is -1.08. The normalized spacial score (nSPS) is 25.3. The van der Waals surface area contributed by atoms with Crippen molar-refractivity contribution in [1.29, 1.82) is 0 Å². The lowest BCUT2D eigenvalue weighted by Gasteiger charge is -2.28. The molecule has 0 aliphatic carbocycles. The number of ether oxygens (including phenoxy) is 1. The standard InChI is InChI=1S/C12H13IO3/c13-9-3-1-8(2-4-9)10-5-6-16-7-11(10)12(14)15/h1-4,10-11H,5-7H2,(H,14,15). The molecule has 2 rings (SSSR count). The highest BCUT2D eigenvalue weighted by atomic mass is 127. The van der Waals surface area contributed by atoms with E-state index in [0.29, 0.717) is 13.2 Å². The molecule has 1 fully saturated rings. The van der Waals surface area contributed by atoms with Crippen LogP contribution in [0.2, 0.25) is 0 Å². The Kier molecular flexibility index (Phi) is 3.81. The zero-order valence-corrected chi connectivity index (χ0v) is 10.9. The number of benzene rings is 1. The fourth-order valence-corrected chi connectivity index (χ4v) is 2.45. The fourth-order valence-electron chi connectivity index (χ4n) is 2.09. The Balaban J connectivity index is 2.23. The maximum Gasteiger partial charge on any atom is 0.309 e. The van der Waals surface area contributed by atoms with Crippen LogP contribution in [-0.2, 0) is 9.53 Å². The van der Waals surface area contributed by atoms with Gasteiger partial charge < -0.3 is 9.84 Å². The summed E-state index contributed by atoms with van der Waals surface area (Å²) in [6, 6.07) is 8.08. The lowest BCUT2D eigenvalue weighted by molar-refractivity contribution is -0.147. The van der Waals surface area contributed by atoms with Crippen LogP contribution in [0.15, 0.2) is 24.3 Å². The molecule has 0 spiro atoms. The van der Waals surface area contributed by atoms with E-state index in [4.69, 9.17) is 9.84 Å². The number of carboxylic acid groups (broad SMARTS) is 1. The third-order valence-electron chi connectivity index (χ3n) is 2.97. The van der Waals surface area contributed by atoms with Crippen molar-refractivity contribution in [2.75, 3.05) is 13.2 Å². The molecule has 86 valence electrons. The van der Waals surface area contributed by atoms with Crippen LogP contribution >= 0.6 is 22.6 Å². The van der Waals surface area contributed by atoms with E-state index < -0.39 is 11.9 Å². The monoisotopic (exact) mass is 332 g/mol. The molecule has 0 aromatic heterocycles. The van der Waals surface area contributed by atoms with E-state index in [1.807, 2.05) is 24.3 Å². The van der Waals surface area contributed by atoms with Gasteiger partial charge in [0, 0.05) is 16.1 Å². The van der Waals surface area contributed by atoms with E-state index in [1.54, 1.807) is 0 Å². The fraction of sp³-hybridized carbons (Fsp3) is 0.417. The molecule has 1 aromatic carbocycles. The van der Waals surface area contributed by atoms with Gasteiger partial charge >= 0.3 is 5.97 Å². The predicted molar refractivity (Wildman–Crippen MR) is 68.5 cm³/mol. The van der Waals surface area contributed by atoms with Crippen molar-refractivity contribution in [3.05, 3.63) is 33.4 Å². The predicted octanol–water partition coefficient (Wildman–Crippen LogP) is 2.50. The molecule has 1 aliphatic heterocycles. The van der Waals surface area contributed by atoms with E-state index in [2.05, 4.69) is 22.6 Å². The van der Waals surface area contributed by atoms with Gasteiger partial charge in [-0.25, -0.2) is 0 Å². The van der Waals surface area contributed by atoms with Crippen molar-refractivity contribution in [3.8, 4) is 0 Å². The number of halogens is 1. The lowest BCUT2D eigenvalue weighted by Crippen LogP contribution is -2.32. The molecule has 0 bridgehead atoms. The maximum absolute atomic E-state index is 11.1. The number of aliphatic carboxylic acids is 1. The smallest absolute Gasteiger partial charge is 0.309 e. The van der Waals surface area contributed by atoms with E-state index in [-0.39, 0.29) is 5.92 Å². The van der Waals surface area contributed by atoms with Crippen LogP contribution in [0.25, 0.3) is 0 Å². The first kappa shape index (κ1) is 11.9. The first-order chi connectivity index (χ1) is 7.68. The highest BCUT2D eigenvalue weighted by Gasteiger charge is 2.32. The summed E-state index contributed by atoms with van der Waals surface area (Å²) in [6.07, 6.45) is 0.789. The highest BCUT2D eigenvalue weighted by molar-refractivity contribution is 14.1. The van der Waals surface area contributed by atoms with Gasteiger partial charge in [0.1, 0.15) is 0 Å².